The Labute approximate surface area is 200 Å². The maximum absolute atomic E-state index is 12.4. The summed E-state index contributed by atoms with van der Waals surface area (Å²) in [6.45, 7) is 16.5. The van der Waals surface area contributed by atoms with Crippen LogP contribution in [0.5, 0.6) is 0 Å². The van der Waals surface area contributed by atoms with E-state index < -0.39 is 0 Å². The molecule has 1 aromatic rings. The highest BCUT2D eigenvalue weighted by Crippen LogP contribution is 2.35. The molecule has 5 heteroatoms. The predicted octanol–water partition coefficient (Wildman–Crippen LogP) is 7.62. The van der Waals surface area contributed by atoms with Crippen LogP contribution >= 0.6 is 11.3 Å². The summed E-state index contributed by atoms with van der Waals surface area (Å²) in [5.41, 5.74) is 0.718. The van der Waals surface area contributed by atoms with E-state index in [1.54, 1.807) is 0 Å². The van der Waals surface area contributed by atoms with Crippen LogP contribution in [0.3, 0.4) is 0 Å². The zero-order chi connectivity index (χ0) is 24.7. The Morgan fingerprint density at radius 2 is 1.78 bits per heavy atom. The van der Waals surface area contributed by atoms with E-state index in [1.807, 2.05) is 26.1 Å². The molecule has 0 N–H and O–H groups in total. The van der Waals surface area contributed by atoms with Gasteiger partial charge in [-0.05, 0) is 46.1 Å². The van der Waals surface area contributed by atoms with Crippen molar-refractivity contribution in [2.45, 2.75) is 100.0 Å². The molecule has 0 aliphatic heterocycles. The van der Waals surface area contributed by atoms with Gasteiger partial charge in [-0.25, -0.2) is 4.79 Å². The minimum absolute atomic E-state index is 0.110. The molecular formula is C27H43NO3S. The summed E-state index contributed by atoms with van der Waals surface area (Å²) >= 11 is 1.37. The zero-order valence-corrected chi connectivity index (χ0v) is 22.4. The average molecular weight is 462 g/mol. The van der Waals surface area contributed by atoms with E-state index in [9.17, 15) is 9.59 Å². The fourth-order valence-corrected chi connectivity index (χ4v) is 3.87. The summed E-state index contributed by atoms with van der Waals surface area (Å²) in [4.78, 5) is 27.6. The molecule has 1 aliphatic carbocycles. The molecule has 1 heterocycles. The van der Waals surface area contributed by atoms with Gasteiger partial charge >= 0.3 is 5.97 Å². The van der Waals surface area contributed by atoms with Crippen LogP contribution in [0.25, 0.3) is 0 Å². The highest BCUT2D eigenvalue weighted by atomic mass is 32.1. The number of esters is 1. The van der Waals surface area contributed by atoms with Crippen molar-refractivity contribution in [3.8, 4) is 11.8 Å². The quantitative estimate of drug-likeness (QED) is 0.334. The van der Waals surface area contributed by atoms with Crippen molar-refractivity contribution in [2.24, 2.45) is 5.41 Å². The van der Waals surface area contributed by atoms with Gasteiger partial charge in [0, 0.05) is 30.5 Å². The molecule has 1 saturated carbocycles. The van der Waals surface area contributed by atoms with E-state index in [0.29, 0.717) is 23.5 Å². The minimum Gasteiger partial charge on any atom is -0.465 e. The van der Waals surface area contributed by atoms with Crippen LogP contribution < -0.4 is 4.90 Å². The Hall–Kier alpha value is -2.06. The van der Waals surface area contributed by atoms with Gasteiger partial charge in [0.15, 0.2) is 0 Å². The summed E-state index contributed by atoms with van der Waals surface area (Å²) in [7, 11) is 1.40. The minimum atomic E-state index is -0.347. The Morgan fingerprint density at radius 1 is 1.22 bits per heavy atom. The third-order valence-electron chi connectivity index (χ3n) is 4.33. The van der Waals surface area contributed by atoms with Crippen molar-refractivity contribution in [3.05, 3.63) is 28.1 Å². The van der Waals surface area contributed by atoms with E-state index in [4.69, 9.17) is 4.74 Å². The normalized spacial score (nSPS) is 13.8. The number of allylic oxidation sites excluding steroid dienone is 1. The SMILES string of the molecule is CC.CC/C=C\N(c1cc(C#CC(C)(C)C)sc1C(=O)OC)C1CCC(=O)CC1.CCC. The fourth-order valence-electron chi connectivity index (χ4n) is 2.94. The molecule has 1 aliphatic rings. The first-order chi connectivity index (χ1) is 15.2. The lowest BCUT2D eigenvalue weighted by atomic mass is 9.93. The number of carbonyl (C=O) groups is 2. The van der Waals surface area contributed by atoms with Crippen LogP contribution in [0.2, 0.25) is 0 Å². The van der Waals surface area contributed by atoms with Gasteiger partial charge in [0.2, 0.25) is 0 Å². The number of ketones is 1. The molecule has 0 unspecified atom stereocenters. The smallest absolute Gasteiger partial charge is 0.350 e. The fraction of sp³-hybridized carbons (Fsp3) is 0.630. The molecular weight excluding hydrogens is 418 g/mol. The number of methoxy groups -OCH3 is 1. The summed E-state index contributed by atoms with van der Waals surface area (Å²) in [6.07, 6.45) is 9.05. The maximum Gasteiger partial charge on any atom is 0.350 e. The van der Waals surface area contributed by atoms with Gasteiger partial charge in [-0.2, -0.15) is 0 Å². The first-order valence-electron chi connectivity index (χ1n) is 11.9. The number of anilines is 1. The van der Waals surface area contributed by atoms with E-state index >= 15 is 0 Å². The van der Waals surface area contributed by atoms with E-state index in [0.717, 1.165) is 29.8 Å². The van der Waals surface area contributed by atoms with Crippen molar-refractivity contribution < 1.29 is 14.3 Å². The van der Waals surface area contributed by atoms with Crippen LogP contribution in [0.4, 0.5) is 5.69 Å². The standard InChI is InChI=1S/C22H29NO3S.C3H8.C2H6/c1-6-7-14-23(16-8-10-17(24)11-9-16)19-15-18(12-13-22(2,3)4)27-20(19)21(25)26-5;1-3-2;1-2/h7,14-16H,6,8-11H2,1-5H3;3H2,1-2H3;1-2H3/b14-7-;;. The van der Waals surface area contributed by atoms with E-state index in [-0.39, 0.29) is 17.4 Å². The molecule has 180 valence electrons. The number of hydrogen-bond donors (Lipinski definition) is 0. The summed E-state index contributed by atoms with van der Waals surface area (Å²) < 4.78 is 5.01. The zero-order valence-electron chi connectivity index (χ0n) is 21.6. The molecule has 4 nitrogen and oxygen atoms in total. The highest BCUT2D eigenvalue weighted by Gasteiger charge is 2.28. The summed E-state index contributed by atoms with van der Waals surface area (Å²) in [6, 6.07) is 2.18. The van der Waals surface area contributed by atoms with E-state index in [2.05, 4.69) is 64.4 Å². The van der Waals surface area contributed by atoms with Crippen molar-refractivity contribution in [1.29, 1.82) is 0 Å². The first kappa shape index (κ1) is 29.9. The van der Waals surface area contributed by atoms with Gasteiger partial charge in [-0.1, -0.05) is 59.0 Å². The first-order valence-corrected chi connectivity index (χ1v) is 12.7. The van der Waals surface area contributed by atoms with Crippen LogP contribution in [0.15, 0.2) is 18.3 Å². The lowest BCUT2D eigenvalue weighted by Gasteiger charge is -2.33. The monoisotopic (exact) mass is 461 g/mol. The molecule has 32 heavy (non-hydrogen) atoms. The number of hydrogen-bond acceptors (Lipinski definition) is 5. The van der Waals surface area contributed by atoms with Crippen LogP contribution in [-0.2, 0) is 9.53 Å². The van der Waals surface area contributed by atoms with Gasteiger partial charge in [0.05, 0.1) is 17.7 Å². The van der Waals surface area contributed by atoms with Crippen LogP contribution in [0.1, 0.15) is 108 Å². The summed E-state index contributed by atoms with van der Waals surface area (Å²) in [5.74, 6) is 6.41. The molecule has 0 bridgehead atoms. The maximum atomic E-state index is 12.4. The van der Waals surface area contributed by atoms with Crippen molar-refractivity contribution in [2.75, 3.05) is 12.0 Å². The number of rotatable bonds is 5. The molecule has 0 spiro atoms. The Morgan fingerprint density at radius 3 is 2.25 bits per heavy atom. The number of nitrogens with zero attached hydrogens (tertiary/aromatic N) is 1. The van der Waals surface area contributed by atoms with Gasteiger partial charge in [0.25, 0.3) is 0 Å². The molecule has 1 fully saturated rings. The van der Waals surface area contributed by atoms with Gasteiger partial charge < -0.3 is 9.64 Å². The highest BCUT2D eigenvalue weighted by molar-refractivity contribution is 7.15. The third kappa shape index (κ3) is 10.5. The Bertz CT molecular complexity index is 780. The number of Topliss-reactive ketones (excluding diaryl/α,β-unsaturated/α-hetero) is 1. The number of carbonyl (C=O) groups excluding carboxylic acids is 2. The third-order valence-corrected chi connectivity index (χ3v) is 5.35. The van der Waals surface area contributed by atoms with Crippen LogP contribution in [-0.4, -0.2) is 24.9 Å². The Balaban J connectivity index is 0.00000177. The lowest BCUT2D eigenvalue weighted by Crippen LogP contribution is -2.35. The Kier molecular flexibility index (Phi) is 14.7. The van der Waals surface area contributed by atoms with Crippen molar-refractivity contribution in [3.63, 3.8) is 0 Å². The van der Waals surface area contributed by atoms with Gasteiger partial charge in [-0.3, -0.25) is 4.79 Å². The topological polar surface area (TPSA) is 46.6 Å². The van der Waals surface area contributed by atoms with E-state index in [1.165, 1.54) is 24.9 Å². The van der Waals surface area contributed by atoms with Crippen LogP contribution in [0, 0.1) is 17.3 Å². The molecule has 2 rings (SSSR count). The summed E-state index contributed by atoms with van der Waals surface area (Å²) in [5, 5.41) is 0. The molecule has 0 radical (unpaired) electrons. The second-order valence-electron chi connectivity index (χ2n) is 8.49. The molecule has 0 saturated heterocycles. The number of thiophene rings is 1. The lowest BCUT2D eigenvalue weighted by molar-refractivity contribution is -0.120. The molecule has 0 amide bonds. The van der Waals surface area contributed by atoms with Crippen molar-refractivity contribution in [1.82, 2.24) is 0 Å². The average Bonchev–Trinajstić information content (AvgIpc) is 3.19. The molecule has 0 atom stereocenters. The van der Waals surface area contributed by atoms with Gasteiger partial charge in [-0.15, -0.1) is 11.3 Å². The second-order valence-corrected chi connectivity index (χ2v) is 9.55. The molecule has 1 aromatic heterocycles. The second kappa shape index (κ2) is 15.7. The number of ether oxygens (including phenoxy) is 1. The largest absolute Gasteiger partial charge is 0.465 e. The predicted molar refractivity (Wildman–Crippen MR) is 138 cm³/mol. The van der Waals surface area contributed by atoms with Crippen molar-refractivity contribution >= 4 is 28.8 Å². The molecule has 0 aromatic carbocycles. The van der Waals surface area contributed by atoms with Gasteiger partial charge in [0.1, 0.15) is 10.7 Å².